The molecule has 0 aliphatic carbocycles. The van der Waals surface area contributed by atoms with E-state index in [4.69, 9.17) is 4.74 Å². The van der Waals surface area contributed by atoms with Gasteiger partial charge in [0, 0.05) is 16.9 Å². The summed E-state index contributed by atoms with van der Waals surface area (Å²) in [6.07, 6.45) is 0. The second-order valence-corrected chi connectivity index (χ2v) is 6.69. The van der Waals surface area contributed by atoms with Crippen molar-refractivity contribution in [2.24, 2.45) is 0 Å². The molecule has 1 aromatic carbocycles. The molecule has 126 valence electrons. The van der Waals surface area contributed by atoms with Gasteiger partial charge in [0.2, 0.25) is 0 Å². The van der Waals surface area contributed by atoms with Crippen molar-refractivity contribution in [1.82, 2.24) is 9.55 Å². The summed E-state index contributed by atoms with van der Waals surface area (Å²) in [5.74, 6) is 1.41. The van der Waals surface area contributed by atoms with E-state index in [0.717, 1.165) is 16.9 Å². The second-order valence-electron chi connectivity index (χ2n) is 5.83. The van der Waals surface area contributed by atoms with E-state index in [1.54, 1.807) is 7.11 Å². The number of halogens is 1. The van der Waals surface area contributed by atoms with Gasteiger partial charge in [0.1, 0.15) is 23.1 Å². The Hall–Kier alpha value is -2.21. The van der Waals surface area contributed by atoms with Gasteiger partial charge < -0.3 is 4.74 Å². The highest BCUT2D eigenvalue weighted by molar-refractivity contribution is 7.17. The fourth-order valence-corrected chi connectivity index (χ4v) is 3.73. The molecular weight excluding hydrogens is 327 g/mol. The van der Waals surface area contributed by atoms with Crippen LogP contribution in [-0.4, -0.2) is 23.3 Å². The predicted molar refractivity (Wildman–Crippen MR) is 95.9 cm³/mol. The van der Waals surface area contributed by atoms with Crippen LogP contribution in [0.3, 0.4) is 0 Å². The lowest BCUT2D eigenvalue weighted by molar-refractivity contribution is 0.415. The van der Waals surface area contributed by atoms with Crippen LogP contribution in [-0.2, 0) is 6.54 Å². The zero-order valence-electron chi connectivity index (χ0n) is 13.9. The van der Waals surface area contributed by atoms with E-state index in [0.29, 0.717) is 16.0 Å². The largest absolute Gasteiger partial charge is 0.497 e. The van der Waals surface area contributed by atoms with E-state index in [2.05, 4.69) is 4.98 Å². The number of aromatic nitrogens is 2. The number of ether oxygens (including phenoxy) is 1. The number of nitrogens with zero attached hydrogens (tertiary/aromatic N) is 2. The fourth-order valence-electron chi connectivity index (χ4n) is 2.78. The van der Waals surface area contributed by atoms with E-state index in [-0.39, 0.29) is 18.0 Å². The molecule has 0 aliphatic rings. The Labute approximate surface area is 143 Å². The van der Waals surface area contributed by atoms with Gasteiger partial charge in [-0.2, -0.15) is 0 Å². The molecule has 0 saturated heterocycles. The zero-order chi connectivity index (χ0) is 17.3. The lowest BCUT2D eigenvalue weighted by Crippen LogP contribution is -2.26. The van der Waals surface area contributed by atoms with Gasteiger partial charge in [-0.1, -0.05) is 26.0 Å². The molecule has 3 aromatic rings. The van der Waals surface area contributed by atoms with Crippen LogP contribution in [0.4, 0.5) is 4.39 Å². The van der Waals surface area contributed by atoms with Crippen LogP contribution in [0.25, 0.3) is 21.3 Å². The first-order valence-corrected chi connectivity index (χ1v) is 8.67. The van der Waals surface area contributed by atoms with Crippen LogP contribution in [0, 0.1) is 0 Å². The van der Waals surface area contributed by atoms with Gasteiger partial charge in [0.25, 0.3) is 5.56 Å². The molecule has 0 amide bonds. The molecule has 0 atom stereocenters. The minimum atomic E-state index is -0.592. The number of alkyl halides is 1. The van der Waals surface area contributed by atoms with Crippen LogP contribution >= 0.6 is 11.3 Å². The fraction of sp³-hybridized carbons (Fsp3) is 0.333. The third-order valence-corrected chi connectivity index (χ3v) is 4.80. The standard InChI is InChI=1S/C18H19FN2O2S/c1-11(2)16-20-17-15(18(22)21(16)8-7-19)14(10-24-17)12-5-4-6-13(9-12)23-3/h4-6,9-11H,7-8H2,1-3H3. The third-order valence-electron chi connectivity index (χ3n) is 3.93. The molecule has 2 heterocycles. The maximum atomic E-state index is 13.0. The lowest BCUT2D eigenvalue weighted by atomic mass is 10.1. The number of thiophene rings is 1. The van der Waals surface area contributed by atoms with Crippen molar-refractivity contribution in [1.29, 1.82) is 0 Å². The molecule has 4 nitrogen and oxygen atoms in total. The van der Waals surface area contributed by atoms with Gasteiger partial charge in [-0.3, -0.25) is 9.36 Å². The average molecular weight is 346 g/mol. The number of hydrogen-bond acceptors (Lipinski definition) is 4. The van der Waals surface area contributed by atoms with Crippen LogP contribution in [0.2, 0.25) is 0 Å². The Morgan fingerprint density at radius 1 is 1.38 bits per heavy atom. The van der Waals surface area contributed by atoms with Crippen LogP contribution < -0.4 is 10.3 Å². The van der Waals surface area contributed by atoms with Crippen LogP contribution in [0.1, 0.15) is 25.6 Å². The Morgan fingerprint density at radius 3 is 2.83 bits per heavy atom. The van der Waals surface area contributed by atoms with Crippen LogP contribution in [0.5, 0.6) is 5.75 Å². The lowest BCUT2D eigenvalue weighted by Gasteiger charge is -2.14. The average Bonchev–Trinajstić information content (AvgIpc) is 3.01. The first-order chi connectivity index (χ1) is 11.6. The van der Waals surface area contributed by atoms with Crippen molar-refractivity contribution in [2.75, 3.05) is 13.8 Å². The SMILES string of the molecule is COc1cccc(-c2csc3nc(C(C)C)n(CCF)c(=O)c23)c1. The van der Waals surface area contributed by atoms with Crippen molar-refractivity contribution < 1.29 is 9.13 Å². The summed E-state index contributed by atoms with van der Waals surface area (Å²) >= 11 is 1.44. The van der Waals surface area contributed by atoms with Crippen molar-refractivity contribution >= 4 is 21.6 Å². The molecule has 24 heavy (non-hydrogen) atoms. The predicted octanol–water partition coefficient (Wildman–Crippen LogP) is 4.23. The molecule has 2 aromatic heterocycles. The number of rotatable bonds is 5. The van der Waals surface area contributed by atoms with Gasteiger partial charge in [0.05, 0.1) is 19.0 Å². The minimum absolute atomic E-state index is 0.0304. The summed E-state index contributed by atoms with van der Waals surface area (Å²) in [6.45, 7) is 3.35. The normalized spacial score (nSPS) is 11.4. The Balaban J connectivity index is 2.28. The summed E-state index contributed by atoms with van der Waals surface area (Å²) in [5.41, 5.74) is 1.53. The van der Waals surface area contributed by atoms with Crippen molar-refractivity contribution in [3.05, 3.63) is 45.8 Å². The molecule has 0 N–H and O–H groups in total. The summed E-state index contributed by atoms with van der Waals surface area (Å²) in [6, 6.07) is 7.55. The topological polar surface area (TPSA) is 44.1 Å². The highest BCUT2D eigenvalue weighted by Gasteiger charge is 2.18. The summed E-state index contributed by atoms with van der Waals surface area (Å²) < 4.78 is 19.7. The molecule has 0 radical (unpaired) electrons. The van der Waals surface area contributed by atoms with Crippen LogP contribution in [0.15, 0.2) is 34.4 Å². The zero-order valence-corrected chi connectivity index (χ0v) is 14.7. The monoisotopic (exact) mass is 346 g/mol. The first kappa shape index (κ1) is 16.6. The molecule has 0 aliphatic heterocycles. The maximum Gasteiger partial charge on any atom is 0.262 e. The van der Waals surface area contributed by atoms with E-state index in [1.807, 2.05) is 43.5 Å². The summed E-state index contributed by atoms with van der Waals surface area (Å²) in [4.78, 5) is 18.3. The number of methoxy groups -OCH3 is 1. The van der Waals surface area contributed by atoms with Gasteiger partial charge >= 0.3 is 0 Å². The molecular formula is C18H19FN2O2S. The van der Waals surface area contributed by atoms with Gasteiger partial charge in [-0.05, 0) is 17.7 Å². The molecule has 0 unspecified atom stereocenters. The van der Waals surface area contributed by atoms with E-state index in [9.17, 15) is 9.18 Å². The Kier molecular flexibility index (Phi) is 4.66. The van der Waals surface area contributed by atoms with Gasteiger partial charge in [0.15, 0.2) is 0 Å². The highest BCUT2D eigenvalue weighted by Crippen LogP contribution is 2.33. The molecule has 6 heteroatoms. The quantitative estimate of drug-likeness (QED) is 0.694. The first-order valence-electron chi connectivity index (χ1n) is 7.79. The summed E-state index contributed by atoms with van der Waals surface area (Å²) in [5, 5.41) is 2.48. The van der Waals surface area contributed by atoms with Gasteiger partial charge in [-0.15, -0.1) is 11.3 Å². The van der Waals surface area contributed by atoms with E-state index in [1.165, 1.54) is 15.9 Å². The number of hydrogen-bond donors (Lipinski definition) is 0. The van der Waals surface area contributed by atoms with Crippen molar-refractivity contribution in [3.63, 3.8) is 0 Å². The summed E-state index contributed by atoms with van der Waals surface area (Å²) in [7, 11) is 1.61. The molecule has 3 rings (SSSR count). The van der Waals surface area contributed by atoms with Gasteiger partial charge in [-0.25, -0.2) is 9.37 Å². The maximum absolute atomic E-state index is 13.0. The van der Waals surface area contributed by atoms with Crippen molar-refractivity contribution in [3.8, 4) is 16.9 Å². The molecule has 0 saturated carbocycles. The number of fused-ring (bicyclic) bond motifs is 1. The van der Waals surface area contributed by atoms with E-state index >= 15 is 0 Å². The smallest absolute Gasteiger partial charge is 0.262 e. The Bertz CT molecular complexity index is 930. The van der Waals surface area contributed by atoms with E-state index < -0.39 is 6.67 Å². The third kappa shape index (κ3) is 2.82. The molecule has 0 bridgehead atoms. The molecule has 0 spiro atoms. The Morgan fingerprint density at radius 2 is 2.17 bits per heavy atom. The van der Waals surface area contributed by atoms with Crippen molar-refractivity contribution in [2.45, 2.75) is 26.3 Å². The second kappa shape index (κ2) is 6.73. The minimum Gasteiger partial charge on any atom is -0.497 e. The highest BCUT2D eigenvalue weighted by atomic mass is 32.1. The number of benzene rings is 1. The molecule has 0 fully saturated rings.